The topological polar surface area (TPSA) is 96.5 Å². The second kappa shape index (κ2) is 13.6. The number of aromatic nitrogens is 1. The number of aryl methyl sites for hydroxylation is 2. The van der Waals surface area contributed by atoms with Crippen LogP contribution in [0, 0.1) is 19.7 Å². The van der Waals surface area contributed by atoms with Crippen LogP contribution in [0.1, 0.15) is 38.8 Å². The molecule has 0 fully saturated rings. The predicted octanol–water partition coefficient (Wildman–Crippen LogP) is 6.77. The van der Waals surface area contributed by atoms with Crippen molar-refractivity contribution in [2.45, 2.75) is 27.1 Å². The van der Waals surface area contributed by atoms with Crippen LogP contribution in [0.2, 0.25) is 0 Å². The molecule has 0 atom stereocenters. The maximum absolute atomic E-state index is 13.2. The SMILES string of the molecule is COc1cc(/C=N/NC(=O)c2ccc(COc3ccc(-n4c(C)ccc4C)cc3)o2)cc(OC)c1OCc1ccc(F)cc1. The first-order valence-electron chi connectivity index (χ1n) is 13.8. The fourth-order valence-electron chi connectivity index (χ4n) is 4.57. The van der Waals surface area contributed by atoms with Crippen LogP contribution in [0.15, 0.2) is 94.4 Å². The normalized spacial score (nSPS) is 11.0. The van der Waals surface area contributed by atoms with Gasteiger partial charge in [-0.3, -0.25) is 4.79 Å². The monoisotopic (exact) mass is 597 g/mol. The number of furan rings is 1. The summed E-state index contributed by atoms with van der Waals surface area (Å²) in [6, 6.07) is 24.6. The minimum Gasteiger partial charge on any atom is -0.493 e. The average Bonchev–Trinajstić information content (AvgIpc) is 3.65. The van der Waals surface area contributed by atoms with Crippen molar-refractivity contribution in [2.75, 3.05) is 14.2 Å². The summed E-state index contributed by atoms with van der Waals surface area (Å²) < 4.78 is 43.7. The Balaban J connectivity index is 1.16. The third-order valence-corrected chi connectivity index (χ3v) is 6.79. The van der Waals surface area contributed by atoms with Crippen LogP contribution in [0.3, 0.4) is 0 Å². The molecular formula is C34H32FN3O6. The quantitative estimate of drug-likeness (QED) is 0.126. The fourth-order valence-corrected chi connectivity index (χ4v) is 4.57. The first-order valence-corrected chi connectivity index (χ1v) is 13.8. The fraction of sp³-hybridized carbons (Fsp3) is 0.176. The largest absolute Gasteiger partial charge is 0.493 e. The molecule has 5 aromatic rings. The van der Waals surface area contributed by atoms with Gasteiger partial charge in [-0.1, -0.05) is 12.1 Å². The van der Waals surface area contributed by atoms with Gasteiger partial charge in [-0.05, 0) is 92.2 Å². The molecular weight excluding hydrogens is 565 g/mol. The molecule has 1 N–H and O–H groups in total. The highest BCUT2D eigenvalue weighted by atomic mass is 19.1. The minimum atomic E-state index is -0.521. The number of ether oxygens (including phenoxy) is 4. The molecule has 5 rings (SSSR count). The highest BCUT2D eigenvalue weighted by molar-refractivity contribution is 5.92. The Bertz CT molecular complexity index is 1710. The number of nitrogens with one attached hydrogen (secondary N) is 1. The number of halogens is 1. The van der Waals surface area contributed by atoms with Gasteiger partial charge >= 0.3 is 5.91 Å². The maximum Gasteiger partial charge on any atom is 0.307 e. The van der Waals surface area contributed by atoms with E-state index in [0.29, 0.717) is 34.3 Å². The third kappa shape index (κ3) is 7.09. The van der Waals surface area contributed by atoms with Gasteiger partial charge in [0.15, 0.2) is 17.3 Å². The number of carbonyl (C=O) groups is 1. The van der Waals surface area contributed by atoms with Crippen molar-refractivity contribution in [3.8, 4) is 28.7 Å². The molecule has 0 spiro atoms. The molecule has 1 amide bonds. The van der Waals surface area contributed by atoms with Crippen LogP contribution in [-0.4, -0.2) is 30.9 Å². The van der Waals surface area contributed by atoms with E-state index in [1.807, 2.05) is 24.3 Å². The van der Waals surface area contributed by atoms with E-state index in [9.17, 15) is 9.18 Å². The zero-order valence-corrected chi connectivity index (χ0v) is 24.8. The summed E-state index contributed by atoms with van der Waals surface area (Å²) in [6.07, 6.45) is 1.44. The van der Waals surface area contributed by atoms with Crippen LogP contribution >= 0.6 is 0 Å². The lowest BCUT2D eigenvalue weighted by Crippen LogP contribution is -2.16. The van der Waals surface area contributed by atoms with Crippen molar-refractivity contribution < 1.29 is 32.5 Å². The van der Waals surface area contributed by atoms with Crippen molar-refractivity contribution in [3.63, 3.8) is 0 Å². The lowest BCUT2D eigenvalue weighted by molar-refractivity contribution is 0.0923. The van der Waals surface area contributed by atoms with E-state index in [-0.39, 0.29) is 24.8 Å². The van der Waals surface area contributed by atoms with E-state index in [1.165, 1.54) is 32.6 Å². The number of methoxy groups -OCH3 is 2. The zero-order chi connectivity index (χ0) is 31.1. The molecule has 0 aliphatic carbocycles. The number of hydrazone groups is 1. The van der Waals surface area contributed by atoms with Gasteiger partial charge in [0.25, 0.3) is 0 Å². The summed E-state index contributed by atoms with van der Waals surface area (Å²) >= 11 is 0. The van der Waals surface area contributed by atoms with E-state index in [2.05, 4.69) is 41.1 Å². The molecule has 0 aliphatic rings. The van der Waals surface area contributed by atoms with Gasteiger partial charge in [0.05, 0.1) is 20.4 Å². The molecule has 10 heteroatoms. The van der Waals surface area contributed by atoms with Gasteiger partial charge in [0.1, 0.15) is 30.5 Å². The van der Waals surface area contributed by atoms with Gasteiger partial charge < -0.3 is 27.9 Å². The molecule has 0 saturated carbocycles. The van der Waals surface area contributed by atoms with Crippen molar-refractivity contribution in [3.05, 3.63) is 125 Å². The molecule has 0 bridgehead atoms. The summed E-state index contributed by atoms with van der Waals surface area (Å²) in [5, 5.41) is 4.04. The van der Waals surface area contributed by atoms with Gasteiger partial charge in [-0.25, -0.2) is 9.82 Å². The summed E-state index contributed by atoms with van der Waals surface area (Å²) in [4.78, 5) is 12.6. The molecule has 0 aliphatic heterocycles. The summed E-state index contributed by atoms with van der Waals surface area (Å²) in [7, 11) is 3.00. The molecule has 2 heterocycles. The second-order valence-corrected chi connectivity index (χ2v) is 9.87. The Morgan fingerprint density at radius 3 is 2.16 bits per heavy atom. The van der Waals surface area contributed by atoms with Crippen molar-refractivity contribution >= 4 is 12.1 Å². The van der Waals surface area contributed by atoms with Crippen molar-refractivity contribution in [1.82, 2.24) is 9.99 Å². The maximum atomic E-state index is 13.2. The van der Waals surface area contributed by atoms with Crippen molar-refractivity contribution in [1.29, 1.82) is 0 Å². The Labute approximate surface area is 254 Å². The van der Waals surface area contributed by atoms with E-state index in [4.69, 9.17) is 23.4 Å². The number of benzene rings is 3. The van der Waals surface area contributed by atoms with Gasteiger partial charge in [-0.2, -0.15) is 5.10 Å². The predicted molar refractivity (Wildman–Crippen MR) is 164 cm³/mol. The zero-order valence-electron chi connectivity index (χ0n) is 24.8. The molecule has 2 aromatic heterocycles. The van der Waals surface area contributed by atoms with E-state index < -0.39 is 5.91 Å². The molecule has 226 valence electrons. The smallest absolute Gasteiger partial charge is 0.307 e. The van der Waals surface area contributed by atoms with Gasteiger partial charge in [0.2, 0.25) is 5.75 Å². The molecule has 44 heavy (non-hydrogen) atoms. The second-order valence-electron chi connectivity index (χ2n) is 9.87. The first kappa shape index (κ1) is 30.0. The van der Waals surface area contributed by atoms with E-state index in [0.717, 1.165) is 22.6 Å². The lowest BCUT2D eigenvalue weighted by Gasteiger charge is -2.15. The molecule has 0 radical (unpaired) electrons. The standard InChI is InChI=1S/C34H32FN3O6/c1-22-5-6-23(2)38(22)27-11-13-28(14-12-27)42-21-29-15-16-30(44-29)34(39)37-36-19-25-17-31(40-3)33(32(18-25)41-4)43-20-24-7-9-26(35)10-8-24/h5-19H,20-21H2,1-4H3,(H,37,39)/b36-19+. The Kier molecular flexibility index (Phi) is 9.29. The number of carbonyl (C=O) groups excluding carboxylic acids is 1. The summed E-state index contributed by atoms with van der Waals surface area (Å²) in [5.41, 5.74) is 7.19. The molecule has 0 unspecified atom stereocenters. The lowest BCUT2D eigenvalue weighted by atomic mass is 10.2. The minimum absolute atomic E-state index is 0.0920. The van der Waals surface area contributed by atoms with Crippen molar-refractivity contribution in [2.24, 2.45) is 5.10 Å². The van der Waals surface area contributed by atoms with E-state index >= 15 is 0 Å². The van der Waals surface area contributed by atoms with Crippen LogP contribution in [0.25, 0.3) is 5.69 Å². The van der Waals surface area contributed by atoms with Crippen LogP contribution in [0.5, 0.6) is 23.0 Å². The van der Waals surface area contributed by atoms with E-state index in [1.54, 1.807) is 36.4 Å². The Hall–Kier alpha value is -5.51. The number of hydrogen-bond donors (Lipinski definition) is 1. The number of nitrogens with zero attached hydrogens (tertiary/aromatic N) is 2. The number of amides is 1. The molecule has 0 saturated heterocycles. The van der Waals surface area contributed by atoms with Crippen LogP contribution < -0.4 is 24.4 Å². The number of rotatable bonds is 12. The van der Waals surface area contributed by atoms with Gasteiger partial charge in [0, 0.05) is 22.6 Å². The van der Waals surface area contributed by atoms with Gasteiger partial charge in [-0.15, -0.1) is 0 Å². The van der Waals surface area contributed by atoms with Crippen LogP contribution in [0.4, 0.5) is 4.39 Å². The molecule has 9 nitrogen and oxygen atoms in total. The highest BCUT2D eigenvalue weighted by Crippen LogP contribution is 2.38. The summed E-state index contributed by atoms with van der Waals surface area (Å²) in [6.45, 7) is 4.47. The highest BCUT2D eigenvalue weighted by Gasteiger charge is 2.15. The Morgan fingerprint density at radius 1 is 0.864 bits per heavy atom. The average molecular weight is 598 g/mol. The third-order valence-electron chi connectivity index (χ3n) is 6.79. The molecule has 3 aromatic carbocycles. The first-order chi connectivity index (χ1) is 21.3. The van der Waals surface area contributed by atoms with Crippen LogP contribution in [-0.2, 0) is 13.2 Å². The Morgan fingerprint density at radius 2 is 1.52 bits per heavy atom. The summed E-state index contributed by atoms with van der Waals surface area (Å²) in [5.74, 6) is 1.61. The number of hydrogen-bond acceptors (Lipinski definition) is 7.